The number of fused-ring (bicyclic) bond motifs is 1. The fraction of sp³-hybridized carbons (Fsp3) is 0.636. The monoisotopic (exact) mass is 220 g/mol. The van der Waals surface area contributed by atoms with Gasteiger partial charge in [-0.1, -0.05) is 0 Å². The third-order valence-corrected chi connectivity index (χ3v) is 3.60. The fourth-order valence-electron chi connectivity index (χ4n) is 2.69. The second kappa shape index (κ2) is 3.90. The van der Waals surface area contributed by atoms with Crippen LogP contribution in [0, 0.1) is 11.8 Å². The highest BCUT2D eigenvalue weighted by Gasteiger charge is 2.37. The van der Waals surface area contributed by atoms with E-state index in [1.54, 1.807) is 10.9 Å². The maximum absolute atomic E-state index is 12.0. The van der Waals surface area contributed by atoms with Crippen LogP contribution >= 0.6 is 0 Å². The number of aromatic nitrogens is 2. The van der Waals surface area contributed by atoms with E-state index in [0.29, 0.717) is 18.4 Å². The highest BCUT2D eigenvalue weighted by molar-refractivity contribution is 5.76. The second-order valence-corrected chi connectivity index (χ2v) is 4.68. The Bertz CT molecular complexity index is 363. The number of nitrogens with one attached hydrogen (secondary N) is 1. The van der Waals surface area contributed by atoms with Crippen LogP contribution in [0.4, 0.5) is 0 Å². The second-order valence-electron chi connectivity index (χ2n) is 4.68. The lowest BCUT2D eigenvalue weighted by Crippen LogP contribution is -2.34. The molecule has 86 valence electrons. The third kappa shape index (κ3) is 1.71. The maximum atomic E-state index is 12.0. The van der Waals surface area contributed by atoms with Crippen molar-refractivity contribution in [3.05, 3.63) is 18.5 Å². The summed E-state index contributed by atoms with van der Waals surface area (Å²) >= 11 is 0. The maximum Gasteiger partial charge on any atom is 0.244 e. The van der Waals surface area contributed by atoms with E-state index >= 15 is 0 Å². The minimum atomic E-state index is 0.193. The predicted molar refractivity (Wildman–Crippen MR) is 58.7 cm³/mol. The highest BCUT2D eigenvalue weighted by atomic mass is 16.2. The first-order chi connectivity index (χ1) is 7.83. The summed E-state index contributed by atoms with van der Waals surface area (Å²) < 4.78 is 1.69. The van der Waals surface area contributed by atoms with Crippen molar-refractivity contribution < 1.29 is 4.79 Å². The van der Waals surface area contributed by atoms with Crippen molar-refractivity contribution in [2.45, 2.75) is 6.54 Å². The Kier molecular flexibility index (Phi) is 2.40. The van der Waals surface area contributed by atoms with Gasteiger partial charge in [0, 0.05) is 38.6 Å². The molecule has 1 N–H and O–H groups in total. The molecular weight excluding hydrogens is 204 g/mol. The molecule has 2 aliphatic heterocycles. The lowest BCUT2D eigenvalue weighted by molar-refractivity contribution is -0.131. The molecule has 3 rings (SSSR count). The molecule has 3 heterocycles. The Balaban J connectivity index is 1.60. The zero-order valence-electron chi connectivity index (χ0n) is 9.17. The van der Waals surface area contributed by atoms with Crippen LogP contribution in [-0.4, -0.2) is 46.8 Å². The van der Waals surface area contributed by atoms with E-state index in [2.05, 4.69) is 10.4 Å². The highest BCUT2D eigenvalue weighted by Crippen LogP contribution is 2.26. The molecule has 1 aromatic rings. The lowest BCUT2D eigenvalue weighted by Gasteiger charge is -2.17. The van der Waals surface area contributed by atoms with Crippen LogP contribution in [0.5, 0.6) is 0 Å². The average Bonchev–Trinajstić information content (AvgIpc) is 2.91. The molecule has 2 saturated heterocycles. The number of likely N-dealkylation sites (tertiary alicyclic amines) is 1. The number of nitrogens with zero attached hydrogens (tertiary/aromatic N) is 3. The van der Waals surface area contributed by atoms with Crippen LogP contribution in [0.2, 0.25) is 0 Å². The summed E-state index contributed by atoms with van der Waals surface area (Å²) in [6, 6.07) is 1.84. The first kappa shape index (κ1) is 9.84. The van der Waals surface area contributed by atoms with Gasteiger partial charge in [0.2, 0.25) is 5.91 Å². The molecule has 2 fully saturated rings. The predicted octanol–water partition coefficient (Wildman–Crippen LogP) is -0.439. The minimum Gasteiger partial charge on any atom is -0.340 e. The van der Waals surface area contributed by atoms with Crippen LogP contribution in [0.25, 0.3) is 0 Å². The van der Waals surface area contributed by atoms with Crippen molar-refractivity contribution in [1.82, 2.24) is 20.0 Å². The third-order valence-electron chi connectivity index (χ3n) is 3.60. The molecular formula is C11H16N4O. The van der Waals surface area contributed by atoms with Gasteiger partial charge in [0.15, 0.2) is 0 Å². The van der Waals surface area contributed by atoms with Gasteiger partial charge in [-0.05, 0) is 17.9 Å². The number of hydrogen-bond donors (Lipinski definition) is 1. The summed E-state index contributed by atoms with van der Waals surface area (Å²) in [4.78, 5) is 14.0. The lowest BCUT2D eigenvalue weighted by atomic mass is 10.0. The van der Waals surface area contributed by atoms with Crippen molar-refractivity contribution in [2.75, 3.05) is 26.2 Å². The molecule has 0 saturated carbocycles. The van der Waals surface area contributed by atoms with Gasteiger partial charge in [-0.2, -0.15) is 5.10 Å². The van der Waals surface area contributed by atoms with Gasteiger partial charge in [-0.3, -0.25) is 9.48 Å². The van der Waals surface area contributed by atoms with Crippen LogP contribution in [0.3, 0.4) is 0 Å². The van der Waals surface area contributed by atoms with Gasteiger partial charge in [0.1, 0.15) is 6.54 Å². The van der Waals surface area contributed by atoms with Crippen LogP contribution in [-0.2, 0) is 11.3 Å². The average molecular weight is 220 g/mol. The topological polar surface area (TPSA) is 50.2 Å². The van der Waals surface area contributed by atoms with E-state index in [1.807, 2.05) is 17.2 Å². The van der Waals surface area contributed by atoms with Gasteiger partial charge in [0.05, 0.1) is 0 Å². The van der Waals surface area contributed by atoms with Crippen molar-refractivity contribution in [2.24, 2.45) is 11.8 Å². The quantitative estimate of drug-likeness (QED) is 0.735. The summed E-state index contributed by atoms with van der Waals surface area (Å²) in [5.74, 6) is 1.53. The van der Waals surface area contributed by atoms with E-state index in [1.165, 1.54) is 0 Å². The van der Waals surface area contributed by atoms with Crippen LogP contribution in [0.1, 0.15) is 0 Å². The van der Waals surface area contributed by atoms with Gasteiger partial charge >= 0.3 is 0 Å². The largest absolute Gasteiger partial charge is 0.340 e. The Morgan fingerprint density at radius 2 is 2.12 bits per heavy atom. The summed E-state index contributed by atoms with van der Waals surface area (Å²) in [7, 11) is 0. The zero-order chi connectivity index (χ0) is 11.0. The van der Waals surface area contributed by atoms with E-state index in [9.17, 15) is 4.79 Å². The van der Waals surface area contributed by atoms with E-state index in [4.69, 9.17) is 0 Å². The van der Waals surface area contributed by atoms with Gasteiger partial charge < -0.3 is 10.2 Å². The summed E-state index contributed by atoms with van der Waals surface area (Å²) in [6.45, 7) is 4.34. The van der Waals surface area contributed by atoms with Crippen molar-refractivity contribution in [3.8, 4) is 0 Å². The Morgan fingerprint density at radius 3 is 2.75 bits per heavy atom. The first-order valence-corrected chi connectivity index (χ1v) is 5.79. The molecule has 0 aliphatic carbocycles. The zero-order valence-corrected chi connectivity index (χ0v) is 9.17. The van der Waals surface area contributed by atoms with E-state index in [0.717, 1.165) is 26.2 Å². The molecule has 0 aromatic carbocycles. The molecule has 0 spiro atoms. The molecule has 5 heteroatoms. The molecule has 1 amide bonds. The molecule has 2 aliphatic rings. The molecule has 0 unspecified atom stereocenters. The summed E-state index contributed by atoms with van der Waals surface area (Å²) in [6.07, 6.45) is 3.53. The van der Waals surface area contributed by atoms with Crippen molar-refractivity contribution >= 4 is 5.91 Å². The summed E-state index contributed by atoms with van der Waals surface area (Å²) in [5.41, 5.74) is 0. The Labute approximate surface area is 94.4 Å². The number of rotatable bonds is 2. The number of carbonyl (C=O) groups excluding carboxylic acids is 1. The number of hydrogen-bond acceptors (Lipinski definition) is 3. The fourth-order valence-corrected chi connectivity index (χ4v) is 2.69. The first-order valence-electron chi connectivity index (χ1n) is 5.79. The van der Waals surface area contributed by atoms with Gasteiger partial charge in [0.25, 0.3) is 0 Å². The molecule has 1 aromatic heterocycles. The van der Waals surface area contributed by atoms with Crippen molar-refractivity contribution in [1.29, 1.82) is 0 Å². The van der Waals surface area contributed by atoms with Crippen LogP contribution < -0.4 is 5.32 Å². The molecule has 0 bridgehead atoms. The van der Waals surface area contributed by atoms with Gasteiger partial charge in [-0.25, -0.2) is 0 Å². The number of amides is 1. The Hall–Kier alpha value is -1.36. The SMILES string of the molecule is O=C(Cn1cccn1)N1C[C@H]2CNC[C@H]2C1. The van der Waals surface area contributed by atoms with E-state index < -0.39 is 0 Å². The normalized spacial score (nSPS) is 28.4. The van der Waals surface area contributed by atoms with Crippen LogP contribution in [0.15, 0.2) is 18.5 Å². The van der Waals surface area contributed by atoms with E-state index in [-0.39, 0.29) is 5.91 Å². The minimum absolute atomic E-state index is 0.193. The molecule has 16 heavy (non-hydrogen) atoms. The van der Waals surface area contributed by atoms with Crippen molar-refractivity contribution in [3.63, 3.8) is 0 Å². The standard InChI is InChI=1S/C11H16N4O/c16-11(8-15-3-1-2-13-15)14-6-9-4-12-5-10(9)7-14/h1-3,9-10,12H,4-8H2/t9-,10+. The smallest absolute Gasteiger partial charge is 0.244 e. The van der Waals surface area contributed by atoms with Gasteiger partial charge in [-0.15, -0.1) is 0 Å². The Morgan fingerprint density at radius 1 is 1.38 bits per heavy atom. The molecule has 0 radical (unpaired) electrons. The molecule has 2 atom stereocenters. The molecule has 5 nitrogen and oxygen atoms in total. The number of carbonyl (C=O) groups is 1. The summed E-state index contributed by atoms with van der Waals surface area (Å²) in [5, 5.41) is 7.43.